The SMILES string of the molecule is COC(=O)c1cc(N)ccc1S(=O)(=O)NCC1CCOC1. The maximum atomic E-state index is 12.3. The lowest BCUT2D eigenvalue weighted by molar-refractivity contribution is 0.0596. The number of nitrogens with one attached hydrogen (secondary N) is 1. The Kier molecular flexibility index (Phi) is 4.81. The lowest BCUT2D eigenvalue weighted by Crippen LogP contribution is -2.30. The van der Waals surface area contributed by atoms with Crippen LogP contribution >= 0.6 is 0 Å². The number of carbonyl (C=O) groups excluding carboxylic acids is 1. The predicted octanol–water partition coefficient (Wildman–Crippen LogP) is 0.370. The molecule has 0 bridgehead atoms. The molecule has 116 valence electrons. The van der Waals surface area contributed by atoms with Crippen molar-refractivity contribution >= 4 is 21.7 Å². The van der Waals surface area contributed by atoms with Crippen LogP contribution in [-0.4, -0.2) is 41.3 Å². The Morgan fingerprint density at radius 3 is 2.90 bits per heavy atom. The Labute approximate surface area is 123 Å². The number of anilines is 1. The van der Waals surface area contributed by atoms with E-state index in [4.69, 9.17) is 10.5 Å². The van der Waals surface area contributed by atoms with E-state index in [9.17, 15) is 13.2 Å². The van der Waals surface area contributed by atoms with Crippen LogP contribution in [0, 0.1) is 5.92 Å². The van der Waals surface area contributed by atoms with Gasteiger partial charge in [-0.05, 0) is 30.5 Å². The van der Waals surface area contributed by atoms with Crippen molar-refractivity contribution in [2.45, 2.75) is 11.3 Å². The third-order valence-corrected chi connectivity index (χ3v) is 4.77. The molecule has 1 aliphatic heterocycles. The molecule has 1 fully saturated rings. The van der Waals surface area contributed by atoms with Gasteiger partial charge in [-0.25, -0.2) is 17.9 Å². The number of nitrogens with two attached hydrogens (primary N) is 1. The fourth-order valence-corrected chi connectivity index (χ4v) is 3.39. The number of esters is 1. The summed E-state index contributed by atoms with van der Waals surface area (Å²) in [6.07, 6.45) is 0.814. The van der Waals surface area contributed by atoms with Gasteiger partial charge in [0, 0.05) is 18.8 Å². The summed E-state index contributed by atoms with van der Waals surface area (Å²) in [7, 11) is -2.63. The lowest BCUT2D eigenvalue weighted by Gasteiger charge is -2.13. The topological polar surface area (TPSA) is 108 Å². The van der Waals surface area contributed by atoms with E-state index >= 15 is 0 Å². The molecule has 1 heterocycles. The molecule has 0 spiro atoms. The second kappa shape index (κ2) is 6.42. The smallest absolute Gasteiger partial charge is 0.339 e. The zero-order chi connectivity index (χ0) is 15.5. The van der Waals surface area contributed by atoms with Crippen molar-refractivity contribution in [3.05, 3.63) is 23.8 Å². The maximum Gasteiger partial charge on any atom is 0.339 e. The van der Waals surface area contributed by atoms with E-state index in [1.165, 1.54) is 25.3 Å². The molecule has 0 amide bonds. The summed E-state index contributed by atoms with van der Waals surface area (Å²) in [6, 6.07) is 4.02. The quantitative estimate of drug-likeness (QED) is 0.600. The van der Waals surface area contributed by atoms with Gasteiger partial charge in [-0.15, -0.1) is 0 Å². The Morgan fingerprint density at radius 1 is 1.52 bits per heavy atom. The molecule has 0 aromatic heterocycles. The second-order valence-electron chi connectivity index (χ2n) is 4.83. The normalized spacial score (nSPS) is 18.6. The van der Waals surface area contributed by atoms with Gasteiger partial charge in [0.05, 0.1) is 24.2 Å². The summed E-state index contributed by atoms with van der Waals surface area (Å²) in [6.45, 7) is 1.45. The first-order chi connectivity index (χ1) is 9.94. The van der Waals surface area contributed by atoms with Crippen LogP contribution in [0.2, 0.25) is 0 Å². The van der Waals surface area contributed by atoms with E-state index in [0.29, 0.717) is 18.9 Å². The molecule has 1 atom stereocenters. The van der Waals surface area contributed by atoms with Gasteiger partial charge in [0.2, 0.25) is 10.0 Å². The van der Waals surface area contributed by atoms with E-state index in [1.54, 1.807) is 0 Å². The van der Waals surface area contributed by atoms with Gasteiger partial charge in [-0.1, -0.05) is 0 Å². The molecule has 1 aromatic carbocycles. The summed E-state index contributed by atoms with van der Waals surface area (Å²) in [4.78, 5) is 11.6. The highest BCUT2D eigenvalue weighted by Gasteiger charge is 2.25. The summed E-state index contributed by atoms with van der Waals surface area (Å²) in [5, 5.41) is 0. The summed E-state index contributed by atoms with van der Waals surface area (Å²) < 4.78 is 37.0. The van der Waals surface area contributed by atoms with Gasteiger partial charge >= 0.3 is 5.97 Å². The van der Waals surface area contributed by atoms with Crippen molar-refractivity contribution in [1.29, 1.82) is 0 Å². The summed E-state index contributed by atoms with van der Waals surface area (Å²) in [5.41, 5.74) is 5.81. The number of ether oxygens (including phenoxy) is 2. The van der Waals surface area contributed by atoms with E-state index in [-0.39, 0.29) is 22.9 Å². The number of nitrogen functional groups attached to an aromatic ring is 1. The first kappa shape index (κ1) is 15.7. The first-order valence-electron chi connectivity index (χ1n) is 6.49. The zero-order valence-corrected chi connectivity index (χ0v) is 12.5. The van der Waals surface area contributed by atoms with Gasteiger partial charge in [-0.2, -0.15) is 0 Å². The molecule has 7 nitrogen and oxygen atoms in total. The molecule has 0 saturated carbocycles. The van der Waals surface area contributed by atoms with Crippen molar-refractivity contribution in [2.75, 3.05) is 32.6 Å². The molecule has 21 heavy (non-hydrogen) atoms. The van der Waals surface area contributed by atoms with Gasteiger partial charge in [0.15, 0.2) is 0 Å². The number of sulfonamides is 1. The highest BCUT2D eigenvalue weighted by atomic mass is 32.2. The number of benzene rings is 1. The zero-order valence-electron chi connectivity index (χ0n) is 11.7. The Morgan fingerprint density at radius 2 is 2.29 bits per heavy atom. The molecular formula is C13H18N2O5S. The van der Waals surface area contributed by atoms with E-state index < -0.39 is 16.0 Å². The Balaban J connectivity index is 2.24. The monoisotopic (exact) mass is 314 g/mol. The van der Waals surface area contributed by atoms with Crippen LogP contribution in [0.3, 0.4) is 0 Å². The average Bonchev–Trinajstić information content (AvgIpc) is 2.97. The van der Waals surface area contributed by atoms with Crippen molar-refractivity contribution in [3.8, 4) is 0 Å². The van der Waals surface area contributed by atoms with Gasteiger partial charge in [0.1, 0.15) is 0 Å². The minimum absolute atomic E-state index is 0.0762. The van der Waals surface area contributed by atoms with Gasteiger partial charge in [0.25, 0.3) is 0 Å². The first-order valence-corrected chi connectivity index (χ1v) is 7.97. The van der Waals surface area contributed by atoms with Crippen LogP contribution < -0.4 is 10.5 Å². The molecule has 0 radical (unpaired) electrons. The molecule has 3 N–H and O–H groups in total. The van der Waals surface area contributed by atoms with E-state index in [2.05, 4.69) is 9.46 Å². The fourth-order valence-electron chi connectivity index (χ4n) is 2.10. The third kappa shape index (κ3) is 3.72. The van der Waals surface area contributed by atoms with Crippen LogP contribution in [-0.2, 0) is 19.5 Å². The standard InChI is InChI=1S/C13H18N2O5S/c1-19-13(16)11-6-10(14)2-3-12(11)21(17,18)15-7-9-4-5-20-8-9/h2-3,6,9,15H,4-5,7-8,14H2,1H3. The van der Waals surface area contributed by atoms with Crippen LogP contribution in [0.25, 0.3) is 0 Å². The molecule has 1 aliphatic rings. The number of hydrogen-bond acceptors (Lipinski definition) is 6. The van der Waals surface area contributed by atoms with E-state index in [1.807, 2.05) is 0 Å². The fraction of sp³-hybridized carbons (Fsp3) is 0.462. The minimum Gasteiger partial charge on any atom is -0.465 e. The summed E-state index contributed by atoms with van der Waals surface area (Å²) in [5.74, 6) is -0.595. The molecular weight excluding hydrogens is 296 g/mol. The van der Waals surface area contributed by atoms with E-state index in [0.717, 1.165) is 6.42 Å². The van der Waals surface area contributed by atoms with Crippen LogP contribution in [0.1, 0.15) is 16.8 Å². The molecule has 2 rings (SSSR count). The van der Waals surface area contributed by atoms with Gasteiger partial charge in [-0.3, -0.25) is 0 Å². The molecule has 1 unspecified atom stereocenters. The molecule has 1 saturated heterocycles. The lowest BCUT2D eigenvalue weighted by atomic mass is 10.1. The van der Waals surface area contributed by atoms with Crippen molar-refractivity contribution < 1.29 is 22.7 Å². The van der Waals surface area contributed by atoms with Gasteiger partial charge < -0.3 is 15.2 Å². The molecule has 1 aromatic rings. The highest BCUT2D eigenvalue weighted by Crippen LogP contribution is 2.20. The van der Waals surface area contributed by atoms with Crippen molar-refractivity contribution in [2.24, 2.45) is 5.92 Å². The number of rotatable bonds is 5. The molecule has 8 heteroatoms. The van der Waals surface area contributed by atoms with Crippen LogP contribution in [0.5, 0.6) is 0 Å². The summed E-state index contributed by atoms with van der Waals surface area (Å²) >= 11 is 0. The second-order valence-corrected chi connectivity index (χ2v) is 6.56. The Bertz CT molecular complexity index is 623. The number of methoxy groups -OCH3 is 1. The number of carbonyl (C=O) groups is 1. The highest BCUT2D eigenvalue weighted by molar-refractivity contribution is 7.89. The predicted molar refractivity (Wildman–Crippen MR) is 76.3 cm³/mol. The van der Waals surface area contributed by atoms with Crippen molar-refractivity contribution in [1.82, 2.24) is 4.72 Å². The van der Waals surface area contributed by atoms with Crippen LogP contribution in [0.4, 0.5) is 5.69 Å². The Hall–Kier alpha value is -1.64. The number of hydrogen-bond donors (Lipinski definition) is 2. The third-order valence-electron chi connectivity index (χ3n) is 3.28. The van der Waals surface area contributed by atoms with Crippen molar-refractivity contribution in [3.63, 3.8) is 0 Å². The van der Waals surface area contributed by atoms with Crippen LogP contribution in [0.15, 0.2) is 23.1 Å². The largest absolute Gasteiger partial charge is 0.465 e. The maximum absolute atomic E-state index is 12.3. The molecule has 0 aliphatic carbocycles. The average molecular weight is 314 g/mol. The minimum atomic E-state index is -3.81.